The van der Waals surface area contributed by atoms with Crippen LogP contribution in [0.1, 0.15) is 12.7 Å². The summed E-state index contributed by atoms with van der Waals surface area (Å²) in [5.74, 6) is -3.03. The molecule has 1 aromatic heterocycles. The Morgan fingerprint density at radius 1 is 1.62 bits per heavy atom. The first-order valence-electron chi connectivity index (χ1n) is 3.68. The molecule has 0 bridgehead atoms. The Bertz CT molecular complexity index is 282. The number of aryl methyl sites for hydroxylation is 1. The number of rotatable bonds is 3. The van der Waals surface area contributed by atoms with Gasteiger partial charge in [-0.2, -0.15) is 4.80 Å². The smallest absolute Gasteiger partial charge is 0.271 e. The zero-order valence-electron chi connectivity index (χ0n) is 7.28. The van der Waals surface area contributed by atoms with Crippen molar-refractivity contribution in [2.24, 2.45) is 7.05 Å². The van der Waals surface area contributed by atoms with E-state index >= 15 is 0 Å². The highest BCUT2D eigenvalue weighted by atomic mass is 19.3. The monoisotopic (exact) mass is 192 g/mol. The number of alkyl halides is 2. The Morgan fingerprint density at radius 2 is 2.23 bits per heavy atom. The van der Waals surface area contributed by atoms with E-state index < -0.39 is 12.0 Å². The number of tetrazole rings is 1. The maximum atomic E-state index is 12.5. The van der Waals surface area contributed by atoms with Crippen molar-refractivity contribution in [3.8, 4) is 0 Å². The minimum absolute atomic E-state index is 0.108. The van der Waals surface area contributed by atoms with E-state index in [1.54, 1.807) is 0 Å². The number of hydrogen-bond donors (Lipinski definition) is 1. The number of halogens is 2. The molecule has 13 heavy (non-hydrogen) atoms. The summed E-state index contributed by atoms with van der Waals surface area (Å²) in [6.07, 6.45) is -2.06. The summed E-state index contributed by atoms with van der Waals surface area (Å²) in [7, 11) is 1.52. The lowest BCUT2D eigenvalue weighted by molar-refractivity contribution is -0.0928. The molecule has 0 aliphatic heterocycles. The summed E-state index contributed by atoms with van der Waals surface area (Å²) >= 11 is 0. The van der Waals surface area contributed by atoms with Gasteiger partial charge in [0.05, 0.1) is 7.05 Å². The van der Waals surface area contributed by atoms with E-state index in [1.807, 2.05) is 0 Å². The molecule has 74 valence electrons. The number of hydrogen-bond acceptors (Lipinski definition) is 4. The molecule has 7 heteroatoms. The number of nitrogens with zero attached hydrogens (tertiary/aromatic N) is 4. The summed E-state index contributed by atoms with van der Waals surface area (Å²) in [6.45, 7) is 0.647. The van der Waals surface area contributed by atoms with Crippen LogP contribution in [0.3, 0.4) is 0 Å². The molecule has 5 nitrogen and oxygen atoms in total. The van der Waals surface area contributed by atoms with Gasteiger partial charge in [0.1, 0.15) is 6.10 Å². The van der Waals surface area contributed by atoms with Gasteiger partial charge in [-0.1, -0.05) is 0 Å². The number of aromatic nitrogens is 4. The summed E-state index contributed by atoms with van der Waals surface area (Å²) in [6, 6.07) is 0. The molecule has 0 spiro atoms. The molecule has 0 saturated carbocycles. The maximum Gasteiger partial charge on any atom is 0.271 e. The van der Waals surface area contributed by atoms with Crippen LogP contribution in [0, 0.1) is 0 Å². The Hall–Kier alpha value is -1.11. The Morgan fingerprint density at radius 3 is 2.62 bits per heavy atom. The molecule has 0 fully saturated rings. The third-order valence-electron chi connectivity index (χ3n) is 1.51. The van der Waals surface area contributed by atoms with Crippen LogP contribution < -0.4 is 0 Å². The predicted molar refractivity (Wildman–Crippen MR) is 39.1 cm³/mol. The molecule has 0 aromatic carbocycles. The Kier molecular flexibility index (Phi) is 2.55. The van der Waals surface area contributed by atoms with E-state index in [1.165, 1.54) is 7.05 Å². The summed E-state index contributed by atoms with van der Waals surface area (Å²) in [5, 5.41) is 19.6. The molecular weight excluding hydrogens is 182 g/mol. The zero-order valence-corrected chi connectivity index (χ0v) is 7.28. The van der Waals surface area contributed by atoms with Gasteiger partial charge in [0.25, 0.3) is 5.92 Å². The van der Waals surface area contributed by atoms with Crippen molar-refractivity contribution in [3.63, 3.8) is 0 Å². The molecule has 1 heterocycles. The van der Waals surface area contributed by atoms with Crippen LogP contribution >= 0.6 is 0 Å². The SMILES string of the molecule is Cn1nnc(CC(O)C(C)(F)F)n1. The van der Waals surface area contributed by atoms with Gasteiger partial charge in [-0.3, -0.25) is 0 Å². The van der Waals surface area contributed by atoms with Crippen molar-refractivity contribution >= 4 is 0 Å². The van der Waals surface area contributed by atoms with Gasteiger partial charge in [-0.15, -0.1) is 10.2 Å². The molecule has 1 atom stereocenters. The highest BCUT2D eigenvalue weighted by Crippen LogP contribution is 2.19. The lowest BCUT2D eigenvalue weighted by Crippen LogP contribution is -2.32. The van der Waals surface area contributed by atoms with Crippen molar-refractivity contribution in [2.45, 2.75) is 25.4 Å². The van der Waals surface area contributed by atoms with Gasteiger partial charge in [0.2, 0.25) is 0 Å². The third kappa shape index (κ3) is 2.69. The van der Waals surface area contributed by atoms with E-state index in [4.69, 9.17) is 5.11 Å². The maximum absolute atomic E-state index is 12.5. The van der Waals surface area contributed by atoms with Crippen molar-refractivity contribution in [3.05, 3.63) is 5.82 Å². The lowest BCUT2D eigenvalue weighted by atomic mass is 10.1. The molecule has 1 unspecified atom stereocenters. The van der Waals surface area contributed by atoms with Crippen LogP contribution in [0.15, 0.2) is 0 Å². The molecule has 0 radical (unpaired) electrons. The first-order chi connectivity index (χ1) is 5.89. The summed E-state index contributed by atoms with van der Waals surface area (Å²) < 4.78 is 25.0. The van der Waals surface area contributed by atoms with Gasteiger partial charge < -0.3 is 5.11 Å². The lowest BCUT2D eigenvalue weighted by Gasteiger charge is -2.15. The molecular formula is C6H10F2N4O. The van der Waals surface area contributed by atoms with Gasteiger partial charge in [-0.05, 0) is 5.21 Å². The number of aliphatic hydroxyl groups excluding tert-OH is 1. The molecule has 0 aliphatic carbocycles. The second kappa shape index (κ2) is 3.33. The zero-order chi connectivity index (χ0) is 10.1. The van der Waals surface area contributed by atoms with E-state index in [9.17, 15) is 8.78 Å². The van der Waals surface area contributed by atoms with Gasteiger partial charge in [0.15, 0.2) is 5.82 Å². The molecule has 1 aromatic rings. The second-order valence-electron chi connectivity index (χ2n) is 2.87. The second-order valence-corrected chi connectivity index (χ2v) is 2.87. The van der Waals surface area contributed by atoms with Crippen molar-refractivity contribution < 1.29 is 13.9 Å². The van der Waals surface area contributed by atoms with E-state index in [2.05, 4.69) is 15.4 Å². The fourth-order valence-electron chi connectivity index (χ4n) is 0.757. The van der Waals surface area contributed by atoms with Crippen LogP contribution in [-0.4, -0.2) is 37.3 Å². The minimum Gasteiger partial charge on any atom is -0.386 e. The highest BCUT2D eigenvalue weighted by molar-refractivity contribution is 4.85. The normalized spacial score (nSPS) is 14.5. The topological polar surface area (TPSA) is 63.8 Å². The van der Waals surface area contributed by atoms with E-state index in [0.29, 0.717) is 6.92 Å². The van der Waals surface area contributed by atoms with Crippen molar-refractivity contribution in [1.82, 2.24) is 20.2 Å². The number of aliphatic hydroxyl groups is 1. The molecule has 1 N–H and O–H groups in total. The Balaban J connectivity index is 2.60. The molecule has 1 rings (SSSR count). The highest BCUT2D eigenvalue weighted by Gasteiger charge is 2.33. The first kappa shape index (κ1) is 9.97. The largest absolute Gasteiger partial charge is 0.386 e. The van der Waals surface area contributed by atoms with Gasteiger partial charge in [-0.25, -0.2) is 8.78 Å². The van der Waals surface area contributed by atoms with Crippen molar-refractivity contribution in [1.29, 1.82) is 0 Å². The van der Waals surface area contributed by atoms with Crippen LogP contribution in [0.5, 0.6) is 0 Å². The van der Waals surface area contributed by atoms with Gasteiger partial charge >= 0.3 is 0 Å². The average Bonchev–Trinajstić information content (AvgIpc) is 2.33. The van der Waals surface area contributed by atoms with E-state index in [-0.39, 0.29) is 12.2 Å². The predicted octanol–water partition coefficient (Wildman–Crippen LogP) is -0.231. The first-order valence-corrected chi connectivity index (χ1v) is 3.68. The molecule has 0 saturated heterocycles. The fraction of sp³-hybridized carbons (Fsp3) is 0.833. The molecule has 0 aliphatic rings. The van der Waals surface area contributed by atoms with E-state index in [0.717, 1.165) is 4.80 Å². The quantitative estimate of drug-likeness (QED) is 0.718. The van der Waals surface area contributed by atoms with Crippen LogP contribution in [0.25, 0.3) is 0 Å². The molecule has 0 amide bonds. The Labute approximate surface area is 73.4 Å². The van der Waals surface area contributed by atoms with Crippen LogP contribution in [0.2, 0.25) is 0 Å². The minimum atomic E-state index is -3.14. The summed E-state index contributed by atoms with van der Waals surface area (Å²) in [5.41, 5.74) is 0. The third-order valence-corrected chi connectivity index (χ3v) is 1.51. The van der Waals surface area contributed by atoms with Crippen molar-refractivity contribution in [2.75, 3.05) is 0 Å². The van der Waals surface area contributed by atoms with Gasteiger partial charge in [0, 0.05) is 13.3 Å². The standard InChI is InChI=1S/C6H10F2N4O/c1-6(7,8)4(13)3-5-9-11-12(2)10-5/h4,13H,3H2,1-2H3. The average molecular weight is 192 g/mol. The van der Waals surface area contributed by atoms with Crippen LogP contribution in [0.4, 0.5) is 8.78 Å². The van der Waals surface area contributed by atoms with Crippen LogP contribution in [-0.2, 0) is 13.5 Å². The fourth-order valence-corrected chi connectivity index (χ4v) is 0.757. The summed E-state index contributed by atoms with van der Waals surface area (Å²) in [4.78, 5) is 1.15.